The number of pyridine rings is 1. The van der Waals surface area contributed by atoms with Crippen molar-refractivity contribution in [3.8, 4) is 0 Å². The van der Waals surface area contributed by atoms with E-state index in [1.54, 1.807) is 0 Å². The summed E-state index contributed by atoms with van der Waals surface area (Å²) in [6.45, 7) is 11.3. The Morgan fingerprint density at radius 1 is 0.947 bits per heavy atom. The Labute approximate surface area is 214 Å². The van der Waals surface area contributed by atoms with Crippen molar-refractivity contribution in [2.45, 2.75) is 53.1 Å². The van der Waals surface area contributed by atoms with Crippen molar-refractivity contribution >= 4 is 22.8 Å². The SMILES string of the molecule is Cc1cc(C)c2nc(C)cc(CN(C)CCn3ccnc3C)c2c1.O=C(O)C(F)(F)F.O=C(O)C(F)(F)F. The Bertz CT molecular complexity index is 1230. The average Bonchev–Trinajstić information content (AvgIpc) is 3.17. The summed E-state index contributed by atoms with van der Waals surface area (Å²) < 4.78 is 65.7. The van der Waals surface area contributed by atoms with Crippen LogP contribution in [0.2, 0.25) is 0 Å². The number of alkyl halides is 6. The number of aliphatic carboxylic acids is 2. The maximum Gasteiger partial charge on any atom is 0.490 e. The standard InChI is InChI=1S/C20H26N4.2C2HF3O2/c1-14-10-15(2)20-19(11-14)18(12-16(3)22-20)13-23(5)8-9-24-7-6-21-17(24)4;2*3-2(4,5)1(6)7/h6-7,10-12H,8-9,13H2,1-5H3;2*(H,6,7). The first-order valence-corrected chi connectivity index (χ1v) is 11.0. The van der Waals surface area contributed by atoms with E-state index in [0.29, 0.717) is 0 Å². The molecule has 0 aliphatic heterocycles. The Morgan fingerprint density at radius 2 is 1.47 bits per heavy atom. The molecule has 0 spiro atoms. The number of rotatable bonds is 5. The van der Waals surface area contributed by atoms with Crippen molar-refractivity contribution in [1.29, 1.82) is 0 Å². The molecule has 0 fully saturated rings. The first kappa shape index (κ1) is 32.3. The summed E-state index contributed by atoms with van der Waals surface area (Å²) in [5, 5.41) is 15.5. The number of carbonyl (C=O) groups is 2. The van der Waals surface area contributed by atoms with Gasteiger partial charge in [0.1, 0.15) is 5.82 Å². The summed E-state index contributed by atoms with van der Waals surface area (Å²) in [5.74, 6) is -4.44. The van der Waals surface area contributed by atoms with Crippen molar-refractivity contribution in [2.75, 3.05) is 13.6 Å². The zero-order valence-electron chi connectivity index (χ0n) is 21.3. The smallest absolute Gasteiger partial charge is 0.475 e. The molecule has 8 nitrogen and oxygen atoms in total. The van der Waals surface area contributed by atoms with Crippen LogP contribution in [0.5, 0.6) is 0 Å². The zero-order chi connectivity index (χ0) is 29.4. The molecule has 3 aromatic rings. The molecule has 2 heterocycles. The number of carboxylic acid groups (broad SMARTS) is 2. The van der Waals surface area contributed by atoms with Crippen molar-refractivity contribution in [3.05, 3.63) is 58.8 Å². The number of hydrogen-bond donors (Lipinski definition) is 2. The van der Waals surface area contributed by atoms with Gasteiger partial charge in [0.15, 0.2) is 0 Å². The van der Waals surface area contributed by atoms with Crippen LogP contribution in [0.15, 0.2) is 30.6 Å². The molecule has 1 aromatic carbocycles. The maximum atomic E-state index is 10.6. The molecule has 210 valence electrons. The fourth-order valence-electron chi connectivity index (χ4n) is 3.31. The van der Waals surface area contributed by atoms with E-state index in [0.717, 1.165) is 36.7 Å². The monoisotopic (exact) mass is 550 g/mol. The Kier molecular flexibility index (Phi) is 11.3. The van der Waals surface area contributed by atoms with Gasteiger partial charge in [0, 0.05) is 43.1 Å². The van der Waals surface area contributed by atoms with Crippen LogP contribution in [0.4, 0.5) is 26.3 Å². The quantitative estimate of drug-likeness (QED) is 0.428. The van der Waals surface area contributed by atoms with E-state index in [9.17, 15) is 26.3 Å². The highest BCUT2D eigenvalue weighted by Crippen LogP contribution is 2.24. The fraction of sp³-hybridized carbons (Fsp3) is 0.417. The van der Waals surface area contributed by atoms with Gasteiger partial charge in [0.2, 0.25) is 0 Å². The van der Waals surface area contributed by atoms with Gasteiger partial charge in [-0.3, -0.25) is 4.98 Å². The zero-order valence-corrected chi connectivity index (χ0v) is 21.3. The minimum absolute atomic E-state index is 0.927. The molecular formula is C24H28F6N4O4. The van der Waals surface area contributed by atoms with Crippen LogP contribution in [0.25, 0.3) is 10.9 Å². The highest BCUT2D eigenvalue weighted by Gasteiger charge is 2.38. The van der Waals surface area contributed by atoms with Crippen LogP contribution in [0, 0.1) is 27.7 Å². The lowest BCUT2D eigenvalue weighted by Gasteiger charge is -2.19. The first-order chi connectivity index (χ1) is 17.3. The number of halogens is 6. The molecule has 0 unspecified atom stereocenters. The number of benzene rings is 1. The van der Waals surface area contributed by atoms with Gasteiger partial charge in [-0.05, 0) is 58.0 Å². The third kappa shape index (κ3) is 10.4. The lowest BCUT2D eigenvalue weighted by molar-refractivity contribution is -0.193. The highest BCUT2D eigenvalue weighted by molar-refractivity contribution is 5.86. The maximum absolute atomic E-state index is 10.6. The Balaban J connectivity index is 0.000000426. The molecule has 2 aromatic heterocycles. The first-order valence-electron chi connectivity index (χ1n) is 11.0. The predicted molar refractivity (Wildman–Crippen MR) is 127 cm³/mol. The molecule has 0 aliphatic carbocycles. The number of imidazole rings is 1. The third-order valence-corrected chi connectivity index (χ3v) is 5.03. The number of hydrogen-bond acceptors (Lipinski definition) is 5. The number of carboxylic acids is 2. The molecule has 0 radical (unpaired) electrons. The van der Waals surface area contributed by atoms with Crippen LogP contribution < -0.4 is 0 Å². The summed E-state index contributed by atoms with van der Waals surface area (Å²) in [5.41, 5.74) is 6.13. The molecule has 38 heavy (non-hydrogen) atoms. The van der Waals surface area contributed by atoms with Gasteiger partial charge < -0.3 is 19.7 Å². The summed E-state index contributed by atoms with van der Waals surface area (Å²) in [7, 11) is 2.18. The summed E-state index contributed by atoms with van der Waals surface area (Å²) in [4.78, 5) is 29.2. The third-order valence-electron chi connectivity index (χ3n) is 5.03. The van der Waals surface area contributed by atoms with E-state index in [4.69, 9.17) is 24.8 Å². The minimum Gasteiger partial charge on any atom is -0.475 e. The largest absolute Gasteiger partial charge is 0.490 e. The van der Waals surface area contributed by atoms with E-state index in [2.05, 4.69) is 60.5 Å². The topological polar surface area (TPSA) is 109 Å². The number of likely N-dealkylation sites (N-methyl/N-ethyl adjacent to an activating group) is 1. The summed E-state index contributed by atoms with van der Waals surface area (Å²) >= 11 is 0. The summed E-state index contributed by atoms with van der Waals surface area (Å²) in [6, 6.07) is 6.70. The van der Waals surface area contributed by atoms with E-state index in [-0.39, 0.29) is 0 Å². The Hall–Kier alpha value is -3.68. The van der Waals surface area contributed by atoms with Gasteiger partial charge in [-0.15, -0.1) is 0 Å². The number of aromatic nitrogens is 3. The Morgan fingerprint density at radius 3 is 1.92 bits per heavy atom. The van der Waals surface area contributed by atoms with Crippen molar-refractivity contribution in [1.82, 2.24) is 19.4 Å². The van der Waals surface area contributed by atoms with Gasteiger partial charge in [-0.2, -0.15) is 26.3 Å². The second-order valence-electron chi connectivity index (χ2n) is 8.41. The van der Waals surface area contributed by atoms with Crippen LogP contribution in [0.1, 0.15) is 28.2 Å². The number of nitrogens with zero attached hydrogens (tertiary/aromatic N) is 4. The molecule has 0 saturated carbocycles. The van der Waals surface area contributed by atoms with E-state index < -0.39 is 24.3 Å². The molecular weight excluding hydrogens is 522 g/mol. The lowest BCUT2D eigenvalue weighted by atomic mass is 10.0. The van der Waals surface area contributed by atoms with Gasteiger partial charge in [0.05, 0.1) is 5.52 Å². The van der Waals surface area contributed by atoms with E-state index >= 15 is 0 Å². The fourth-order valence-corrected chi connectivity index (χ4v) is 3.31. The van der Waals surface area contributed by atoms with Gasteiger partial charge in [-0.25, -0.2) is 14.6 Å². The molecule has 0 saturated heterocycles. The normalized spacial score (nSPS) is 11.5. The van der Waals surface area contributed by atoms with Crippen LogP contribution >= 0.6 is 0 Å². The number of aryl methyl sites for hydroxylation is 4. The van der Waals surface area contributed by atoms with Crippen LogP contribution in [-0.4, -0.2) is 67.5 Å². The van der Waals surface area contributed by atoms with Crippen LogP contribution in [-0.2, 0) is 22.7 Å². The van der Waals surface area contributed by atoms with Gasteiger partial charge in [-0.1, -0.05) is 11.6 Å². The molecule has 2 N–H and O–H groups in total. The second kappa shape index (κ2) is 13.2. The average molecular weight is 551 g/mol. The molecule has 3 rings (SSSR count). The van der Waals surface area contributed by atoms with Crippen LogP contribution in [0.3, 0.4) is 0 Å². The number of fused-ring (bicyclic) bond motifs is 1. The lowest BCUT2D eigenvalue weighted by Crippen LogP contribution is -2.23. The van der Waals surface area contributed by atoms with Gasteiger partial charge in [0.25, 0.3) is 0 Å². The van der Waals surface area contributed by atoms with E-state index in [1.165, 1.54) is 22.1 Å². The highest BCUT2D eigenvalue weighted by atomic mass is 19.4. The van der Waals surface area contributed by atoms with Crippen molar-refractivity contribution < 1.29 is 46.1 Å². The predicted octanol–water partition coefficient (Wildman–Crippen LogP) is 5.06. The van der Waals surface area contributed by atoms with Crippen molar-refractivity contribution in [2.24, 2.45) is 0 Å². The molecule has 0 atom stereocenters. The molecule has 14 heteroatoms. The molecule has 0 amide bonds. The van der Waals surface area contributed by atoms with E-state index in [1.807, 2.05) is 19.3 Å². The molecule has 0 aliphatic rings. The summed E-state index contributed by atoms with van der Waals surface area (Å²) in [6.07, 6.45) is -6.26. The minimum atomic E-state index is -5.08. The second-order valence-corrected chi connectivity index (χ2v) is 8.41. The van der Waals surface area contributed by atoms with Crippen molar-refractivity contribution in [3.63, 3.8) is 0 Å². The molecule has 0 bridgehead atoms. The van der Waals surface area contributed by atoms with Gasteiger partial charge >= 0.3 is 24.3 Å².